The van der Waals surface area contributed by atoms with Gasteiger partial charge in [-0.05, 0) is 42.0 Å². The van der Waals surface area contributed by atoms with E-state index < -0.39 is 5.82 Å². The summed E-state index contributed by atoms with van der Waals surface area (Å²) in [6.45, 7) is 2.72. The largest absolute Gasteiger partial charge is 0.396 e. The van der Waals surface area contributed by atoms with Crippen LogP contribution in [0.5, 0.6) is 0 Å². The summed E-state index contributed by atoms with van der Waals surface area (Å²) in [5, 5.41) is 2.07. The first-order valence-electron chi connectivity index (χ1n) is 7.04. The molecular weight excluding hydrogens is 287 g/mol. The standard InChI is InChI=1S/C16H17FN2OS/c1-2-13-10-7-9-21-14(10)6-8-19(13)16(20)11-4-3-5-12(17)15(11)18/h3-5,7,9,13H,2,6,8,18H2,1H3. The predicted octanol–water partition coefficient (Wildman–Crippen LogP) is 3.62. The fourth-order valence-electron chi connectivity index (χ4n) is 2.96. The van der Waals surface area contributed by atoms with Crippen LogP contribution in [0.2, 0.25) is 0 Å². The SMILES string of the molecule is CCC1c2ccsc2CCN1C(=O)c1cccc(F)c1N. The highest BCUT2D eigenvalue weighted by Gasteiger charge is 2.31. The highest BCUT2D eigenvalue weighted by molar-refractivity contribution is 7.10. The molecule has 0 fully saturated rings. The number of nitrogens with zero attached hydrogens (tertiary/aromatic N) is 1. The van der Waals surface area contributed by atoms with E-state index in [1.165, 1.54) is 22.6 Å². The Labute approximate surface area is 127 Å². The van der Waals surface area contributed by atoms with Crippen LogP contribution in [0, 0.1) is 5.82 Å². The Kier molecular flexibility index (Phi) is 3.68. The molecule has 0 radical (unpaired) electrons. The van der Waals surface area contributed by atoms with Gasteiger partial charge in [-0.2, -0.15) is 0 Å². The average molecular weight is 304 g/mol. The third-order valence-electron chi connectivity index (χ3n) is 4.03. The maximum absolute atomic E-state index is 13.6. The van der Waals surface area contributed by atoms with Crippen LogP contribution in [0.4, 0.5) is 10.1 Å². The second-order valence-corrected chi connectivity index (χ2v) is 6.17. The quantitative estimate of drug-likeness (QED) is 0.861. The maximum Gasteiger partial charge on any atom is 0.256 e. The summed E-state index contributed by atoms with van der Waals surface area (Å²) in [6.07, 6.45) is 1.69. The number of thiophene rings is 1. The molecule has 1 aliphatic rings. The summed E-state index contributed by atoms with van der Waals surface area (Å²) < 4.78 is 13.6. The predicted molar refractivity (Wildman–Crippen MR) is 82.9 cm³/mol. The topological polar surface area (TPSA) is 46.3 Å². The van der Waals surface area contributed by atoms with Crippen LogP contribution in [0.15, 0.2) is 29.6 Å². The molecule has 2 N–H and O–H groups in total. The van der Waals surface area contributed by atoms with E-state index in [9.17, 15) is 9.18 Å². The molecule has 1 aromatic carbocycles. The minimum absolute atomic E-state index is 0.0511. The van der Waals surface area contributed by atoms with Crippen LogP contribution < -0.4 is 5.73 Å². The van der Waals surface area contributed by atoms with Crippen LogP contribution >= 0.6 is 11.3 Å². The van der Waals surface area contributed by atoms with Gasteiger partial charge in [0.05, 0.1) is 17.3 Å². The van der Waals surface area contributed by atoms with E-state index in [1.54, 1.807) is 17.4 Å². The van der Waals surface area contributed by atoms with Crippen molar-refractivity contribution in [1.82, 2.24) is 4.90 Å². The van der Waals surface area contributed by atoms with Crippen LogP contribution in [0.1, 0.15) is 40.2 Å². The van der Waals surface area contributed by atoms with Crippen molar-refractivity contribution in [3.8, 4) is 0 Å². The van der Waals surface area contributed by atoms with Crippen LogP contribution in [-0.2, 0) is 6.42 Å². The lowest BCUT2D eigenvalue weighted by molar-refractivity contribution is 0.0658. The summed E-state index contributed by atoms with van der Waals surface area (Å²) in [5.41, 5.74) is 7.15. The van der Waals surface area contributed by atoms with Crippen molar-refractivity contribution in [1.29, 1.82) is 0 Å². The molecule has 0 aliphatic carbocycles. The van der Waals surface area contributed by atoms with Gasteiger partial charge in [0.25, 0.3) is 5.91 Å². The third kappa shape index (κ3) is 2.31. The van der Waals surface area contributed by atoms with Gasteiger partial charge in [0, 0.05) is 11.4 Å². The number of benzene rings is 1. The Hall–Kier alpha value is -1.88. The summed E-state index contributed by atoms with van der Waals surface area (Å²) in [6, 6.07) is 6.53. The highest BCUT2D eigenvalue weighted by atomic mass is 32.1. The number of rotatable bonds is 2. The van der Waals surface area contributed by atoms with Crippen molar-refractivity contribution in [2.24, 2.45) is 0 Å². The zero-order valence-electron chi connectivity index (χ0n) is 11.8. The van der Waals surface area contributed by atoms with Gasteiger partial charge >= 0.3 is 0 Å². The van der Waals surface area contributed by atoms with Crippen molar-refractivity contribution >= 4 is 22.9 Å². The van der Waals surface area contributed by atoms with E-state index in [4.69, 9.17) is 5.73 Å². The molecule has 3 nitrogen and oxygen atoms in total. The molecule has 1 aromatic heterocycles. The van der Waals surface area contributed by atoms with Crippen molar-refractivity contribution in [2.45, 2.75) is 25.8 Å². The Balaban J connectivity index is 1.97. The molecular formula is C16H17FN2OS. The Morgan fingerprint density at radius 2 is 2.29 bits per heavy atom. The van der Waals surface area contributed by atoms with Crippen LogP contribution in [0.25, 0.3) is 0 Å². The van der Waals surface area contributed by atoms with Gasteiger partial charge in [0.2, 0.25) is 0 Å². The summed E-state index contributed by atoms with van der Waals surface area (Å²) >= 11 is 1.74. The smallest absolute Gasteiger partial charge is 0.256 e. The second kappa shape index (κ2) is 5.48. The first-order valence-corrected chi connectivity index (χ1v) is 7.92. The van der Waals surface area contributed by atoms with E-state index in [1.807, 2.05) is 4.90 Å². The summed E-state index contributed by atoms with van der Waals surface area (Å²) in [5.74, 6) is -0.724. The number of halogens is 1. The van der Waals surface area contributed by atoms with Crippen LogP contribution in [0.3, 0.4) is 0 Å². The van der Waals surface area contributed by atoms with E-state index in [2.05, 4.69) is 18.4 Å². The molecule has 0 saturated carbocycles. The minimum Gasteiger partial charge on any atom is -0.396 e. The molecule has 0 bridgehead atoms. The molecule has 5 heteroatoms. The van der Waals surface area contributed by atoms with Gasteiger partial charge < -0.3 is 10.6 Å². The van der Waals surface area contributed by atoms with Gasteiger partial charge in [-0.15, -0.1) is 11.3 Å². The molecule has 1 unspecified atom stereocenters. The number of carbonyl (C=O) groups excluding carboxylic acids is 1. The van der Waals surface area contributed by atoms with Gasteiger partial charge in [-0.25, -0.2) is 4.39 Å². The van der Waals surface area contributed by atoms with Gasteiger partial charge in [0.15, 0.2) is 0 Å². The lowest BCUT2D eigenvalue weighted by Gasteiger charge is -2.35. The minimum atomic E-state index is -0.540. The molecule has 2 aromatic rings. The van der Waals surface area contributed by atoms with Crippen molar-refractivity contribution in [3.05, 3.63) is 51.5 Å². The van der Waals surface area contributed by atoms with Crippen molar-refractivity contribution in [2.75, 3.05) is 12.3 Å². The van der Waals surface area contributed by atoms with Crippen molar-refractivity contribution < 1.29 is 9.18 Å². The van der Waals surface area contributed by atoms with E-state index in [-0.39, 0.29) is 23.2 Å². The molecule has 110 valence electrons. The number of hydrogen-bond acceptors (Lipinski definition) is 3. The second-order valence-electron chi connectivity index (χ2n) is 5.17. The van der Waals surface area contributed by atoms with Gasteiger partial charge in [-0.1, -0.05) is 13.0 Å². The maximum atomic E-state index is 13.6. The Bertz CT molecular complexity index is 683. The van der Waals surface area contributed by atoms with Gasteiger partial charge in [-0.3, -0.25) is 4.79 Å². The summed E-state index contributed by atoms with van der Waals surface area (Å²) in [7, 11) is 0. The monoisotopic (exact) mass is 304 g/mol. The average Bonchev–Trinajstić information content (AvgIpc) is 2.96. The zero-order valence-corrected chi connectivity index (χ0v) is 12.6. The third-order valence-corrected chi connectivity index (χ3v) is 5.02. The molecule has 0 spiro atoms. The summed E-state index contributed by atoms with van der Waals surface area (Å²) in [4.78, 5) is 15.9. The number of hydrogen-bond donors (Lipinski definition) is 1. The van der Waals surface area contributed by atoms with Gasteiger partial charge in [0.1, 0.15) is 5.82 Å². The number of para-hydroxylation sites is 1. The van der Waals surface area contributed by atoms with E-state index in [0.717, 1.165) is 12.8 Å². The molecule has 1 amide bonds. The Morgan fingerprint density at radius 3 is 3.05 bits per heavy atom. The fourth-order valence-corrected chi connectivity index (χ4v) is 3.89. The number of nitrogens with two attached hydrogens (primary N) is 1. The molecule has 2 heterocycles. The normalized spacial score (nSPS) is 17.6. The first-order chi connectivity index (χ1) is 10.1. The molecule has 0 saturated heterocycles. The fraction of sp³-hybridized carbons (Fsp3) is 0.312. The van der Waals surface area contributed by atoms with Crippen molar-refractivity contribution in [3.63, 3.8) is 0 Å². The van der Waals surface area contributed by atoms with E-state index >= 15 is 0 Å². The molecule has 3 rings (SSSR count). The number of nitrogen functional groups attached to an aromatic ring is 1. The van der Waals surface area contributed by atoms with E-state index in [0.29, 0.717) is 6.54 Å². The lowest BCUT2D eigenvalue weighted by atomic mass is 9.96. The zero-order chi connectivity index (χ0) is 15.0. The number of anilines is 1. The highest BCUT2D eigenvalue weighted by Crippen LogP contribution is 2.36. The lowest BCUT2D eigenvalue weighted by Crippen LogP contribution is -2.39. The number of amides is 1. The molecule has 1 aliphatic heterocycles. The van der Waals surface area contributed by atoms with Crippen LogP contribution in [-0.4, -0.2) is 17.4 Å². The first kappa shape index (κ1) is 14.1. The number of carbonyl (C=O) groups is 1. The number of fused-ring (bicyclic) bond motifs is 1. The molecule has 21 heavy (non-hydrogen) atoms. The Morgan fingerprint density at radius 1 is 1.48 bits per heavy atom. The molecule has 1 atom stereocenters.